The Morgan fingerprint density at radius 1 is 0.966 bits per heavy atom. The molecule has 5 rings (SSSR count). The highest BCUT2D eigenvalue weighted by Gasteiger charge is 2.19. The Morgan fingerprint density at radius 3 is 2.52 bits per heavy atom. The Balaban J connectivity index is 1.59. The van der Waals surface area contributed by atoms with Crippen LogP contribution in [0.3, 0.4) is 0 Å². The van der Waals surface area contributed by atoms with Gasteiger partial charge in [0.15, 0.2) is 0 Å². The lowest BCUT2D eigenvalue weighted by molar-refractivity contribution is 0.483. The summed E-state index contributed by atoms with van der Waals surface area (Å²) in [5.74, 6) is 5.14. The summed E-state index contributed by atoms with van der Waals surface area (Å²) in [6.45, 7) is 1.91. The van der Waals surface area contributed by atoms with Crippen molar-refractivity contribution in [3.05, 3.63) is 65.9 Å². The van der Waals surface area contributed by atoms with Crippen LogP contribution >= 0.6 is 23.4 Å². The molecule has 1 aliphatic rings. The van der Waals surface area contributed by atoms with Crippen molar-refractivity contribution < 1.29 is 4.74 Å². The van der Waals surface area contributed by atoms with Gasteiger partial charge in [-0.25, -0.2) is 9.67 Å². The Morgan fingerprint density at radius 2 is 1.76 bits per heavy atom. The fourth-order valence-electron chi connectivity index (χ4n) is 3.29. The van der Waals surface area contributed by atoms with Crippen LogP contribution in [-0.4, -0.2) is 44.3 Å². The number of hydrogen-bond acceptors (Lipinski definition) is 6. The lowest BCUT2D eigenvalue weighted by atomic mass is 10.2. The number of rotatable bonds is 4. The van der Waals surface area contributed by atoms with Crippen molar-refractivity contribution >= 4 is 40.1 Å². The van der Waals surface area contributed by atoms with Crippen molar-refractivity contribution in [3.8, 4) is 17.4 Å². The predicted octanol–water partition coefficient (Wildman–Crippen LogP) is 4.81. The quantitative estimate of drug-likeness (QED) is 0.469. The molecule has 4 aromatic rings. The summed E-state index contributed by atoms with van der Waals surface area (Å²) in [6.07, 6.45) is 3.59. The van der Waals surface area contributed by atoms with E-state index < -0.39 is 0 Å². The van der Waals surface area contributed by atoms with E-state index in [1.807, 2.05) is 66.5 Å². The van der Waals surface area contributed by atoms with Gasteiger partial charge in [0.2, 0.25) is 0 Å². The highest BCUT2D eigenvalue weighted by Crippen LogP contribution is 2.32. The monoisotopic (exact) mass is 423 g/mol. The molecule has 0 atom stereocenters. The van der Waals surface area contributed by atoms with Crippen molar-refractivity contribution in [2.24, 2.45) is 0 Å². The van der Waals surface area contributed by atoms with E-state index >= 15 is 0 Å². The average Bonchev–Trinajstić information content (AvgIpc) is 3.30. The van der Waals surface area contributed by atoms with Gasteiger partial charge in [-0.3, -0.25) is 0 Å². The summed E-state index contributed by atoms with van der Waals surface area (Å²) >= 11 is 7.94. The summed E-state index contributed by atoms with van der Waals surface area (Å²) in [7, 11) is 0. The highest BCUT2D eigenvalue weighted by molar-refractivity contribution is 7.99. The predicted molar refractivity (Wildman–Crippen MR) is 118 cm³/mol. The smallest absolute Gasteiger partial charge is 0.253 e. The number of ether oxygens (including phenoxy) is 1. The molecule has 2 aromatic heterocycles. The number of fused-ring (bicyclic) bond motifs is 1. The van der Waals surface area contributed by atoms with E-state index in [1.54, 1.807) is 10.9 Å². The van der Waals surface area contributed by atoms with Crippen LogP contribution < -0.4 is 9.64 Å². The molecule has 0 radical (unpaired) electrons. The van der Waals surface area contributed by atoms with Crippen LogP contribution in [-0.2, 0) is 0 Å². The molecule has 1 saturated heterocycles. The molecule has 0 saturated carbocycles. The first kappa shape index (κ1) is 18.3. The molecule has 146 valence electrons. The van der Waals surface area contributed by atoms with Crippen LogP contribution in [0.1, 0.15) is 0 Å². The van der Waals surface area contributed by atoms with Gasteiger partial charge < -0.3 is 9.64 Å². The number of aromatic nitrogens is 4. The second-order valence-electron chi connectivity index (χ2n) is 6.63. The fourth-order valence-corrected chi connectivity index (χ4v) is 4.32. The Kier molecular flexibility index (Phi) is 4.99. The molecular formula is C21H18ClN5OS. The van der Waals surface area contributed by atoms with Gasteiger partial charge in [-0.1, -0.05) is 11.6 Å². The maximum atomic E-state index is 6.03. The van der Waals surface area contributed by atoms with E-state index in [0.29, 0.717) is 11.0 Å². The van der Waals surface area contributed by atoms with Gasteiger partial charge in [0, 0.05) is 47.4 Å². The third-order valence-electron chi connectivity index (χ3n) is 4.70. The van der Waals surface area contributed by atoms with Gasteiger partial charge in [-0.05, 0) is 48.5 Å². The molecular weight excluding hydrogens is 406 g/mol. The summed E-state index contributed by atoms with van der Waals surface area (Å²) in [6, 6.07) is 15.1. The number of thioether (sulfide) groups is 1. The lowest BCUT2D eigenvalue weighted by Crippen LogP contribution is -2.33. The zero-order valence-electron chi connectivity index (χ0n) is 15.5. The largest absolute Gasteiger partial charge is 0.457 e. The van der Waals surface area contributed by atoms with Crippen molar-refractivity contribution in [3.63, 3.8) is 0 Å². The van der Waals surface area contributed by atoms with Crippen molar-refractivity contribution in [2.75, 3.05) is 29.5 Å². The van der Waals surface area contributed by atoms with Crippen LogP contribution in [0.15, 0.2) is 60.9 Å². The van der Waals surface area contributed by atoms with E-state index in [4.69, 9.17) is 26.3 Å². The van der Waals surface area contributed by atoms with Gasteiger partial charge in [0.05, 0.1) is 5.52 Å². The minimum atomic E-state index is 0.571. The molecule has 0 unspecified atom stereocenters. The Labute approximate surface area is 177 Å². The van der Waals surface area contributed by atoms with E-state index in [9.17, 15) is 0 Å². The summed E-state index contributed by atoms with van der Waals surface area (Å²) < 4.78 is 7.73. The molecule has 0 aliphatic carbocycles. The summed E-state index contributed by atoms with van der Waals surface area (Å²) in [5.41, 5.74) is 0.863. The van der Waals surface area contributed by atoms with Crippen LogP contribution in [0.2, 0.25) is 5.02 Å². The first-order valence-corrected chi connectivity index (χ1v) is 10.9. The van der Waals surface area contributed by atoms with Crippen LogP contribution in [0, 0.1) is 0 Å². The van der Waals surface area contributed by atoms with E-state index in [1.165, 1.54) is 0 Å². The molecule has 0 bridgehead atoms. The molecule has 1 aliphatic heterocycles. The maximum absolute atomic E-state index is 6.03. The van der Waals surface area contributed by atoms with Gasteiger partial charge in [0.25, 0.3) is 5.95 Å². The number of benzene rings is 2. The lowest BCUT2D eigenvalue weighted by Gasteiger charge is -2.28. The van der Waals surface area contributed by atoms with Gasteiger partial charge in [0.1, 0.15) is 17.3 Å². The van der Waals surface area contributed by atoms with Crippen LogP contribution in [0.25, 0.3) is 16.9 Å². The summed E-state index contributed by atoms with van der Waals surface area (Å²) in [5, 5.41) is 5.95. The first-order chi connectivity index (χ1) is 14.3. The van der Waals surface area contributed by atoms with Gasteiger partial charge in [-0.2, -0.15) is 21.8 Å². The van der Waals surface area contributed by atoms with Crippen LogP contribution in [0.5, 0.6) is 11.5 Å². The topological polar surface area (TPSA) is 56.1 Å². The zero-order chi connectivity index (χ0) is 19.6. The number of halogens is 1. The molecule has 0 N–H and O–H groups in total. The zero-order valence-corrected chi connectivity index (χ0v) is 17.1. The second-order valence-corrected chi connectivity index (χ2v) is 8.29. The highest BCUT2D eigenvalue weighted by atomic mass is 35.5. The van der Waals surface area contributed by atoms with Crippen molar-refractivity contribution in [1.29, 1.82) is 0 Å². The van der Waals surface area contributed by atoms with Crippen molar-refractivity contribution in [2.45, 2.75) is 0 Å². The number of nitrogens with zero attached hydrogens (tertiary/aromatic N) is 5. The minimum Gasteiger partial charge on any atom is -0.457 e. The molecule has 0 amide bonds. The average molecular weight is 424 g/mol. The molecule has 6 nitrogen and oxygen atoms in total. The second kappa shape index (κ2) is 7.93. The van der Waals surface area contributed by atoms with Gasteiger partial charge in [-0.15, -0.1) is 0 Å². The van der Waals surface area contributed by atoms with Gasteiger partial charge >= 0.3 is 0 Å². The third kappa shape index (κ3) is 3.88. The summed E-state index contributed by atoms with van der Waals surface area (Å²) in [4.78, 5) is 11.9. The first-order valence-electron chi connectivity index (χ1n) is 9.34. The third-order valence-corrected chi connectivity index (χ3v) is 5.90. The minimum absolute atomic E-state index is 0.571. The number of hydrogen-bond donors (Lipinski definition) is 0. The Hall–Kier alpha value is -2.77. The molecule has 3 heterocycles. The maximum Gasteiger partial charge on any atom is 0.253 e. The molecule has 8 heteroatoms. The van der Waals surface area contributed by atoms with E-state index in [-0.39, 0.29) is 0 Å². The van der Waals surface area contributed by atoms with E-state index in [0.717, 1.165) is 52.8 Å². The standard InChI is InChI=1S/C21H18ClN5OS/c22-15-2-4-16(5-3-15)28-17-6-7-19-18(14-17)20(26-10-12-29-13-11-26)25-21(24-19)27-9-1-8-23-27/h1-9,14H,10-13H2. The molecule has 0 spiro atoms. The van der Waals surface area contributed by atoms with E-state index in [2.05, 4.69) is 10.00 Å². The van der Waals surface area contributed by atoms with Crippen LogP contribution in [0.4, 0.5) is 5.82 Å². The normalized spacial score (nSPS) is 14.3. The van der Waals surface area contributed by atoms with Crippen molar-refractivity contribution in [1.82, 2.24) is 19.7 Å². The number of anilines is 1. The SMILES string of the molecule is Clc1ccc(Oc2ccc3nc(-n4cccn4)nc(N4CCSCC4)c3c2)cc1. The Bertz CT molecular complexity index is 1130. The molecule has 29 heavy (non-hydrogen) atoms. The molecule has 1 fully saturated rings. The fraction of sp³-hybridized carbons (Fsp3) is 0.190. The molecule has 2 aromatic carbocycles.